The molecule has 0 spiro atoms. The predicted octanol–water partition coefficient (Wildman–Crippen LogP) is 2.89. The minimum absolute atomic E-state index is 0.0481. The van der Waals surface area contributed by atoms with Gasteiger partial charge in [-0.3, -0.25) is 14.2 Å². The maximum absolute atomic E-state index is 12.6. The van der Waals surface area contributed by atoms with E-state index in [9.17, 15) is 9.59 Å². The fraction of sp³-hybridized carbons (Fsp3) is 0.286. The quantitative estimate of drug-likeness (QED) is 0.637. The smallest absolute Gasteiger partial charge is 0.261 e. The van der Waals surface area contributed by atoms with Crippen LogP contribution in [-0.2, 0) is 11.3 Å². The average molecular weight is 443 g/mol. The van der Waals surface area contributed by atoms with E-state index >= 15 is 0 Å². The first-order valence-corrected chi connectivity index (χ1v) is 9.79. The molecule has 0 aliphatic carbocycles. The minimum atomic E-state index is -0.232. The second kappa shape index (κ2) is 8.67. The van der Waals surface area contributed by atoms with E-state index in [1.807, 2.05) is 27.1 Å². The molecule has 0 bridgehead atoms. The number of aromatic nitrogens is 2. The molecule has 7 heteroatoms. The topological polar surface area (TPSA) is 67.2 Å². The van der Waals surface area contributed by atoms with E-state index < -0.39 is 0 Å². The third-order valence-electron chi connectivity index (χ3n) is 4.68. The highest BCUT2D eigenvalue weighted by atomic mass is 79.9. The largest absolute Gasteiger partial charge is 0.353 e. The molecular weight excluding hydrogens is 420 g/mol. The highest BCUT2D eigenvalue weighted by Crippen LogP contribution is 2.18. The van der Waals surface area contributed by atoms with Gasteiger partial charge in [0.15, 0.2) is 0 Å². The molecule has 0 aliphatic rings. The van der Waals surface area contributed by atoms with Gasteiger partial charge in [-0.05, 0) is 44.8 Å². The molecule has 0 fully saturated rings. The summed E-state index contributed by atoms with van der Waals surface area (Å²) in [5.41, 5.74) is 2.70. The Labute approximate surface area is 172 Å². The van der Waals surface area contributed by atoms with Gasteiger partial charge >= 0.3 is 0 Å². The number of fused-ring (bicyclic) bond motifs is 1. The number of amides is 1. The Morgan fingerprint density at radius 3 is 2.61 bits per heavy atom. The highest BCUT2D eigenvalue weighted by molar-refractivity contribution is 9.10. The van der Waals surface area contributed by atoms with Gasteiger partial charge in [0.2, 0.25) is 5.91 Å². The molecule has 1 atom stereocenters. The van der Waals surface area contributed by atoms with Crippen molar-refractivity contribution in [3.05, 3.63) is 74.7 Å². The summed E-state index contributed by atoms with van der Waals surface area (Å²) in [4.78, 5) is 31.4. The molecule has 1 aromatic heterocycles. The molecule has 1 unspecified atom stereocenters. The Kier molecular flexibility index (Phi) is 6.26. The zero-order valence-electron chi connectivity index (χ0n) is 16.1. The number of aryl methyl sites for hydroxylation is 1. The van der Waals surface area contributed by atoms with Crippen LogP contribution in [0, 0.1) is 6.92 Å². The van der Waals surface area contributed by atoms with Crippen molar-refractivity contribution in [3.63, 3.8) is 0 Å². The molecule has 1 amide bonds. The van der Waals surface area contributed by atoms with Crippen molar-refractivity contribution in [2.24, 2.45) is 0 Å². The van der Waals surface area contributed by atoms with Crippen molar-refractivity contribution in [1.29, 1.82) is 0 Å². The van der Waals surface area contributed by atoms with E-state index in [4.69, 9.17) is 0 Å². The lowest BCUT2D eigenvalue weighted by Crippen LogP contribution is -2.37. The highest BCUT2D eigenvalue weighted by Gasteiger charge is 2.16. The minimum Gasteiger partial charge on any atom is -0.353 e. The van der Waals surface area contributed by atoms with Gasteiger partial charge in [0.1, 0.15) is 6.54 Å². The molecule has 1 heterocycles. The van der Waals surface area contributed by atoms with E-state index in [0.29, 0.717) is 17.4 Å². The van der Waals surface area contributed by atoms with E-state index in [2.05, 4.69) is 55.4 Å². The van der Waals surface area contributed by atoms with Crippen LogP contribution in [-0.4, -0.2) is 41.0 Å². The van der Waals surface area contributed by atoms with Gasteiger partial charge in [-0.15, -0.1) is 0 Å². The maximum Gasteiger partial charge on any atom is 0.261 e. The standard InChI is InChI=1S/C21H23BrN4O2/c1-14-4-6-15(7-5-14)19(25(2)3)11-23-20(27)12-26-13-24-18-9-8-16(22)10-17(18)21(26)28/h4-10,13,19H,11-12H2,1-3H3,(H,23,27). The van der Waals surface area contributed by atoms with Gasteiger partial charge in [0.05, 0.1) is 23.3 Å². The molecule has 1 N–H and O–H groups in total. The van der Waals surface area contributed by atoms with Gasteiger partial charge < -0.3 is 10.2 Å². The van der Waals surface area contributed by atoms with Crippen molar-refractivity contribution in [1.82, 2.24) is 19.8 Å². The van der Waals surface area contributed by atoms with Crippen LogP contribution in [0.5, 0.6) is 0 Å². The van der Waals surface area contributed by atoms with Crippen molar-refractivity contribution >= 4 is 32.7 Å². The second-order valence-electron chi connectivity index (χ2n) is 7.03. The zero-order valence-corrected chi connectivity index (χ0v) is 17.7. The monoisotopic (exact) mass is 442 g/mol. The third kappa shape index (κ3) is 4.66. The summed E-state index contributed by atoms with van der Waals surface area (Å²) in [6, 6.07) is 13.6. The molecule has 146 valence electrons. The van der Waals surface area contributed by atoms with Crippen LogP contribution in [0.3, 0.4) is 0 Å². The van der Waals surface area contributed by atoms with Crippen LogP contribution < -0.4 is 10.9 Å². The fourth-order valence-electron chi connectivity index (χ4n) is 3.05. The lowest BCUT2D eigenvalue weighted by molar-refractivity contribution is -0.121. The number of carbonyl (C=O) groups excluding carboxylic acids is 1. The predicted molar refractivity (Wildman–Crippen MR) is 114 cm³/mol. The van der Waals surface area contributed by atoms with Gasteiger partial charge in [0, 0.05) is 11.0 Å². The second-order valence-corrected chi connectivity index (χ2v) is 7.95. The average Bonchev–Trinajstić information content (AvgIpc) is 2.66. The lowest BCUT2D eigenvalue weighted by atomic mass is 10.0. The molecule has 6 nitrogen and oxygen atoms in total. The first-order valence-electron chi connectivity index (χ1n) is 8.99. The van der Waals surface area contributed by atoms with Crippen LogP contribution >= 0.6 is 15.9 Å². The number of halogens is 1. The SMILES string of the molecule is Cc1ccc(C(CNC(=O)Cn2cnc3ccc(Br)cc3c2=O)N(C)C)cc1. The zero-order chi connectivity index (χ0) is 20.3. The van der Waals surface area contributed by atoms with Crippen LogP contribution in [0.2, 0.25) is 0 Å². The summed E-state index contributed by atoms with van der Waals surface area (Å²) >= 11 is 3.36. The van der Waals surface area contributed by atoms with Crippen molar-refractivity contribution in [2.45, 2.75) is 19.5 Å². The Morgan fingerprint density at radius 1 is 1.21 bits per heavy atom. The number of hydrogen-bond acceptors (Lipinski definition) is 4. The van der Waals surface area contributed by atoms with E-state index in [1.54, 1.807) is 12.1 Å². The summed E-state index contributed by atoms with van der Waals surface area (Å²) in [5, 5.41) is 3.42. The van der Waals surface area contributed by atoms with Crippen LogP contribution in [0.4, 0.5) is 0 Å². The summed E-state index contributed by atoms with van der Waals surface area (Å²) in [5.74, 6) is -0.225. The van der Waals surface area contributed by atoms with Gasteiger partial charge in [-0.1, -0.05) is 45.8 Å². The van der Waals surface area contributed by atoms with Crippen molar-refractivity contribution < 1.29 is 4.79 Å². The van der Waals surface area contributed by atoms with Crippen molar-refractivity contribution in [3.8, 4) is 0 Å². The molecule has 0 saturated carbocycles. The number of likely N-dealkylation sites (N-methyl/N-ethyl adjacent to an activating group) is 1. The first-order chi connectivity index (χ1) is 13.3. The van der Waals surface area contributed by atoms with Gasteiger partial charge in [0.25, 0.3) is 5.56 Å². The Balaban J connectivity index is 1.71. The normalized spacial score (nSPS) is 12.3. The maximum atomic E-state index is 12.6. The van der Waals surface area contributed by atoms with Gasteiger partial charge in [-0.25, -0.2) is 4.98 Å². The number of hydrogen-bond donors (Lipinski definition) is 1. The summed E-state index contributed by atoms with van der Waals surface area (Å²) in [6.07, 6.45) is 1.42. The Bertz CT molecular complexity index is 1040. The van der Waals surface area contributed by atoms with Crippen LogP contribution in [0.15, 0.2) is 58.1 Å². The summed E-state index contributed by atoms with van der Waals surface area (Å²) in [6.45, 7) is 2.43. The summed E-state index contributed by atoms with van der Waals surface area (Å²) in [7, 11) is 3.96. The molecule has 0 aliphatic heterocycles. The lowest BCUT2D eigenvalue weighted by Gasteiger charge is -2.25. The third-order valence-corrected chi connectivity index (χ3v) is 5.17. The molecule has 3 rings (SSSR count). The van der Waals surface area contributed by atoms with Crippen LogP contribution in [0.25, 0.3) is 10.9 Å². The number of benzene rings is 2. The molecule has 3 aromatic rings. The molecule has 0 saturated heterocycles. The van der Waals surface area contributed by atoms with Crippen molar-refractivity contribution in [2.75, 3.05) is 20.6 Å². The Hall–Kier alpha value is -2.51. The fourth-order valence-corrected chi connectivity index (χ4v) is 3.41. The van der Waals surface area contributed by atoms with E-state index in [1.165, 1.54) is 16.5 Å². The van der Waals surface area contributed by atoms with Gasteiger partial charge in [-0.2, -0.15) is 0 Å². The molecule has 2 aromatic carbocycles. The summed E-state index contributed by atoms with van der Waals surface area (Å²) < 4.78 is 2.13. The van der Waals surface area contributed by atoms with E-state index in [-0.39, 0.29) is 24.1 Å². The molecule has 0 radical (unpaired) electrons. The number of rotatable bonds is 6. The first kappa shape index (κ1) is 20.2. The Morgan fingerprint density at radius 2 is 1.93 bits per heavy atom. The molecular formula is C21H23BrN4O2. The number of nitrogens with zero attached hydrogens (tertiary/aromatic N) is 3. The van der Waals surface area contributed by atoms with E-state index in [0.717, 1.165) is 10.0 Å². The number of carbonyl (C=O) groups is 1. The van der Waals surface area contributed by atoms with Crippen LogP contribution in [0.1, 0.15) is 17.2 Å². The number of nitrogens with one attached hydrogen (secondary N) is 1. The molecule has 28 heavy (non-hydrogen) atoms.